The van der Waals surface area contributed by atoms with E-state index in [4.69, 9.17) is 14.5 Å². The highest BCUT2D eigenvalue weighted by Crippen LogP contribution is 2.36. The predicted molar refractivity (Wildman–Crippen MR) is 90.6 cm³/mol. The van der Waals surface area contributed by atoms with Crippen LogP contribution >= 0.6 is 23.7 Å². The molecule has 0 bridgehead atoms. The zero-order valence-corrected chi connectivity index (χ0v) is 13.8. The Morgan fingerprint density at radius 1 is 1.09 bits per heavy atom. The second kappa shape index (κ2) is 6.86. The van der Waals surface area contributed by atoms with E-state index in [1.807, 2.05) is 12.1 Å². The van der Waals surface area contributed by atoms with Crippen molar-refractivity contribution in [3.05, 3.63) is 28.6 Å². The molecule has 0 saturated carbocycles. The van der Waals surface area contributed by atoms with Gasteiger partial charge in [0.05, 0.1) is 10.7 Å². The SMILES string of the molecule is Cl.c1cc2c(cc1-c1csc(C3CCNCC3)n1)OCCO2. The Morgan fingerprint density at radius 3 is 2.68 bits per heavy atom. The molecule has 6 heteroatoms. The number of fused-ring (bicyclic) bond motifs is 1. The molecule has 4 nitrogen and oxygen atoms in total. The first-order valence-electron chi connectivity index (χ1n) is 7.46. The van der Waals surface area contributed by atoms with E-state index < -0.39 is 0 Å². The Morgan fingerprint density at radius 2 is 1.86 bits per heavy atom. The fourth-order valence-corrected chi connectivity index (χ4v) is 3.88. The Kier molecular flexibility index (Phi) is 4.86. The molecule has 2 aliphatic rings. The topological polar surface area (TPSA) is 43.4 Å². The molecule has 0 aliphatic carbocycles. The summed E-state index contributed by atoms with van der Waals surface area (Å²) in [5, 5.41) is 6.82. The highest BCUT2D eigenvalue weighted by Gasteiger charge is 2.19. The van der Waals surface area contributed by atoms with E-state index >= 15 is 0 Å². The van der Waals surface area contributed by atoms with Gasteiger partial charge in [-0.3, -0.25) is 0 Å². The van der Waals surface area contributed by atoms with E-state index in [2.05, 4.69) is 16.8 Å². The predicted octanol–water partition coefficient (Wildman–Crippen LogP) is 3.47. The third-order valence-electron chi connectivity index (χ3n) is 4.05. The standard InChI is InChI=1S/C16H18N2O2S.ClH/c1-2-14-15(20-8-7-19-14)9-12(1)13-10-21-16(18-13)11-3-5-17-6-4-11;/h1-2,9-11,17H,3-8H2;1H. The van der Waals surface area contributed by atoms with Gasteiger partial charge >= 0.3 is 0 Å². The van der Waals surface area contributed by atoms with Crippen molar-refractivity contribution in [2.24, 2.45) is 0 Å². The zero-order valence-electron chi connectivity index (χ0n) is 12.2. The minimum atomic E-state index is 0. The van der Waals surface area contributed by atoms with Crippen LogP contribution < -0.4 is 14.8 Å². The summed E-state index contributed by atoms with van der Waals surface area (Å²) >= 11 is 1.78. The summed E-state index contributed by atoms with van der Waals surface area (Å²) in [5.74, 6) is 2.27. The summed E-state index contributed by atoms with van der Waals surface area (Å²) < 4.78 is 11.2. The van der Waals surface area contributed by atoms with Gasteiger partial charge in [0.2, 0.25) is 0 Å². The summed E-state index contributed by atoms with van der Waals surface area (Å²) in [4.78, 5) is 4.85. The maximum Gasteiger partial charge on any atom is 0.162 e. The molecule has 0 radical (unpaired) electrons. The first kappa shape index (κ1) is 15.6. The first-order chi connectivity index (χ1) is 10.4. The van der Waals surface area contributed by atoms with E-state index in [0.717, 1.165) is 35.8 Å². The van der Waals surface area contributed by atoms with E-state index in [0.29, 0.717) is 19.1 Å². The molecule has 0 atom stereocenters. The molecule has 2 aromatic rings. The van der Waals surface area contributed by atoms with Crippen LogP contribution in [-0.2, 0) is 0 Å². The quantitative estimate of drug-likeness (QED) is 0.910. The van der Waals surface area contributed by atoms with Crippen LogP contribution in [0.25, 0.3) is 11.3 Å². The van der Waals surface area contributed by atoms with Gasteiger partial charge in [0.15, 0.2) is 11.5 Å². The molecule has 0 unspecified atom stereocenters. The molecule has 1 saturated heterocycles. The van der Waals surface area contributed by atoms with Gasteiger partial charge in [-0.05, 0) is 44.1 Å². The summed E-state index contributed by atoms with van der Waals surface area (Å²) in [7, 11) is 0. The summed E-state index contributed by atoms with van der Waals surface area (Å²) in [6.07, 6.45) is 2.38. The molecule has 1 aromatic heterocycles. The molecule has 1 aromatic carbocycles. The molecule has 1 fully saturated rings. The van der Waals surface area contributed by atoms with Crippen LogP contribution in [0.3, 0.4) is 0 Å². The van der Waals surface area contributed by atoms with E-state index in [1.54, 1.807) is 11.3 Å². The molecular formula is C16H19ClN2O2S. The lowest BCUT2D eigenvalue weighted by molar-refractivity contribution is 0.171. The average molecular weight is 339 g/mol. The van der Waals surface area contributed by atoms with Gasteiger partial charge in [-0.1, -0.05) is 0 Å². The lowest BCUT2D eigenvalue weighted by Crippen LogP contribution is -2.26. The van der Waals surface area contributed by atoms with E-state index in [9.17, 15) is 0 Å². The molecule has 1 N–H and O–H groups in total. The van der Waals surface area contributed by atoms with Crippen molar-refractivity contribution >= 4 is 23.7 Å². The summed E-state index contributed by atoms with van der Waals surface area (Å²) in [6.45, 7) is 3.45. The summed E-state index contributed by atoms with van der Waals surface area (Å²) in [6, 6.07) is 6.08. The number of piperidine rings is 1. The van der Waals surface area contributed by atoms with Gasteiger partial charge in [-0.15, -0.1) is 23.7 Å². The Hall–Kier alpha value is -1.30. The molecule has 2 aliphatic heterocycles. The van der Waals surface area contributed by atoms with Crippen molar-refractivity contribution in [2.45, 2.75) is 18.8 Å². The number of benzene rings is 1. The maximum atomic E-state index is 5.65. The molecule has 0 spiro atoms. The lowest BCUT2D eigenvalue weighted by atomic mass is 9.99. The van der Waals surface area contributed by atoms with Crippen molar-refractivity contribution in [1.29, 1.82) is 0 Å². The maximum absolute atomic E-state index is 5.65. The van der Waals surface area contributed by atoms with Gasteiger partial charge in [-0.25, -0.2) is 4.98 Å². The molecule has 0 amide bonds. The highest BCUT2D eigenvalue weighted by molar-refractivity contribution is 7.10. The van der Waals surface area contributed by atoms with Crippen molar-refractivity contribution in [1.82, 2.24) is 10.3 Å². The van der Waals surface area contributed by atoms with Crippen LogP contribution in [-0.4, -0.2) is 31.3 Å². The van der Waals surface area contributed by atoms with Crippen molar-refractivity contribution in [2.75, 3.05) is 26.3 Å². The molecule has 22 heavy (non-hydrogen) atoms. The van der Waals surface area contributed by atoms with Gasteiger partial charge in [-0.2, -0.15) is 0 Å². The largest absolute Gasteiger partial charge is 0.486 e. The number of nitrogens with zero attached hydrogens (tertiary/aromatic N) is 1. The van der Waals surface area contributed by atoms with Crippen molar-refractivity contribution in [3.8, 4) is 22.8 Å². The van der Waals surface area contributed by atoms with Crippen LogP contribution in [0, 0.1) is 0 Å². The third-order valence-corrected chi connectivity index (χ3v) is 5.06. The minimum absolute atomic E-state index is 0. The summed E-state index contributed by atoms with van der Waals surface area (Å²) in [5.41, 5.74) is 2.15. The van der Waals surface area contributed by atoms with Crippen molar-refractivity contribution in [3.63, 3.8) is 0 Å². The lowest BCUT2D eigenvalue weighted by Gasteiger charge is -2.20. The number of aromatic nitrogens is 1. The molecule has 3 heterocycles. The average Bonchev–Trinajstić information content (AvgIpc) is 3.05. The second-order valence-electron chi connectivity index (χ2n) is 5.45. The van der Waals surface area contributed by atoms with Crippen LogP contribution in [0.1, 0.15) is 23.8 Å². The number of ether oxygens (including phenoxy) is 2. The Labute approximate surface area is 140 Å². The number of hydrogen-bond acceptors (Lipinski definition) is 5. The van der Waals surface area contributed by atoms with Crippen LogP contribution in [0.4, 0.5) is 0 Å². The number of nitrogens with one attached hydrogen (secondary N) is 1. The normalized spacial score (nSPS) is 17.8. The van der Waals surface area contributed by atoms with E-state index in [-0.39, 0.29) is 12.4 Å². The van der Waals surface area contributed by atoms with Gasteiger partial charge in [0.1, 0.15) is 13.2 Å². The van der Waals surface area contributed by atoms with Crippen LogP contribution in [0.5, 0.6) is 11.5 Å². The Balaban J connectivity index is 0.00000144. The van der Waals surface area contributed by atoms with Gasteiger partial charge in [0, 0.05) is 16.9 Å². The number of hydrogen-bond donors (Lipinski definition) is 1. The monoisotopic (exact) mass is 338 g/mol. The molecular weight excluding hydrogens is 320 g/mol. The first-order valence-corrected chi connectivity index (χ1v) is 8.34. The number of thiazole rings is 1. The number of halogens is 1. The fourth-order valence-electron chi connectivity index (χ4n) is 2.88. The fraction of sp³-hybridized carbons (Fsp3) is 0.438. The third kappa shape index (κ3) is 3.07. The zero-order chi connectivity index (χ0) is 14.1. The second-order valence-corrected chi connectivity index (χ2v) is 6.34. The highest BCUT2D eigenvalue weighted by atomic mass is 35.5. The smallest absolute Gasteiger partial charge is 0.162 e. The molecule has 118 valence electrons. The Bertz CT molecular complexity index is 641. The van der Waals surface area contributed by atoms with Crippen molar-refractivity contribution < 1.29 is 9.47 Å². The van der Waals surface area contributed by atoms with Crippen LogP contribution in [0.2, 0.25) is 0 Å². The van der Waals surface area contributed by atoms with E-state index in [1.165, 1.54) is 17.8 Å². The number of rotatable bonds is 2. The van der Waals surface area contributed by atoms with Gasteiger partial charge < -0.3 is 14.8 Å². The van der Waals surface area contributed by atoms with Crippen LogP contribution in [0.15, 0.2) is 23.6 Å². The molecule has 4 rings (SSSR count). The minimum Gasteiger partial charge on any atom is -0.486 e. The van der Waals surface area contributed by atoms with Gasteiger partial charge in [0.25, 0.3) is 0 Å².